The van der Waals surface area contributed by atoms with Gasteiger partial charge in [-0.25, -0.2) is 4.39 Å². The van der Waals surface area contributed by atoms with E-state index in [1.807, 2.05) is 6.92 Å². The summed E-state index contributed by atoms with van der Waals surface area (Å²) in [4.78, 5) is 14.1. The number of rotatable bonds is 3. The molecule has 1 aromatic carbocycles. The van der Waals surface area contributed by atoms with Gasteiger partial charge in [-0.3, -0.25) is 4.79 Å². The van der Waals surface area contributed by atoms with Crippen LogP contribution in [0.3, 0.4) is 0 Å². The van der Waals surface area contributed by atoms with Crippen LogP contribution in [0.5, 0.6) is 0 Å². The van der Waals surface area contributed by atoms with Crippen molar-refractivity contribution in [1.29, 1.82) is 0 Å². The van der Waals surface area contributed by atoms with E-state index in [1.54, 1.807) is 17.0 Å². The highest BCUT2D eigenvalue weighted by Gasteiger charge is 2.25. The number of carbonyl (C=O) groups excluding carboxylic acids is 1. The first-order valence-corrected chi connectivity index (χ1v) is 6.52. The van der Waals surface area contributed by atoms with E-state index in [9.17, 15) is 9.18 Å². The largest absolute Gasteiger partial charge is 0.311 e. The third kappa shape index (κ3) is 2.88. The SMILES string of the molecule is CCN(C(=O)[C@@H]1CCCCN1)c1ccc(F)cc1. The van der Waals surface area contributed by atoms with E-state index in [0.717, 1.165) is 31.5 Å². The van der Waals surface area contributed by atoms with E-state index < -0.39 is 0 Å². The standard InChI is InChI=1S/C14H19FN2O/c1-2-17(12-8-6-11(15)7-9-12)14(18)13-5-3-4-10-16-13/h6-9,13,16H,2-5,10H2,1H3/t13-/m0/s1. The third-order valence-electron chi connectivity index (χ3n) is 3.33. The Morgan fingerprint density at radius 1 is 1.39 bits per heavy atom. The fourth-order valence-corrected chi connectivity index (χ4v) is 2.34. The molecule has 0 aromatic heterocycles. The first kappa shape index (κ1) is 13.0. The van der Waals surface area contributed by atoms with Gasteiger partial charge in [0.15, 0.2) is 0 Å². The first-order chi connectivity index (χ1) is 8.72. The Morgan fingerprint density at radius 2 is 2.11 bits per heavy atom. The maximum atomic E-state index is 12.9. The second kappa shape index (κ2) is 5.96. The molecule has 18 heavy (non-hydrogen) atoms. The van der Waals surface area contributed by atoms with Gasteiger partial charge in [-0.2, -0.15) is 0 Å². The number of anilines is 1. The van der Waals surface area contributed by atoms with Crippen molar-refractivity contribution < 1.29 is 9.18 Å². The van der Waals surface area contributed by atoms with Gasteiger partial charge in [0.1, 0.15) is 5.82 Å². The molecule has 1 N–H and O–H groups in total. The van der Waals surface area contributed by atoms with Crippen LogP contribution < -0.4 is 10.2 Å². The number of piperidine rings is 1. The molecule has 3 nitrogen and oxygen atoms in total. The molecule has 1 aliphatic rings. The number of halogens is 1. The van der Waals surface area contributed by atoms with Crippen molar-refractivity contribution in [3.8, 4) is 0 Å². The number of hydrogen-bond acceptors (Lipinski definition) is 2. The highest BCUT2D eigenvalue weighted by molar-refractivity contribution is 5.97. The van der Waals surface area contributed by atoms with E-state index in [1.165, 1.54) is 12.1 Å². The lowest BCUT2D eigenvalue weighted by Gasteiger charge is -2.29. The van der Waals surface area contributed by atoms with Gasteiger partial charge in [0.2, 0.25) is 5.91 Å². The summed E-state index contributed by atoms with van der Waals surface area (Å²) in [6.45, 7) is 3.43. The number of nitrogens with one attached hydrogen (secondary N) is 1. The second-order valence-corrected chi connectivity index (χ2v) is 4.56. The van der Waals surface area contributed by atoms with Gasteiger partial charge in [0, 0.05) is 12.2 Å². The quantitative estimate of drug-likeness (QED) is 0.893. The Balaban J connectivity index is 2.12. The Labute approximate surface area is 107 Å². The molecule has 1 atom stereocenters. The van der Waals surface area contributed by atoms with Gasteiger partial charge in [0.05, 0.1) is 6.04 Å². The second-order valence-electron chi connectivity index (χ2n) is 4.56. The molecule has 2 rings (SSSR count). The fraction of sp³-hybridized carbons (Fsp3) is 0.500. The molecule has 1 fully saturated rings. The number of amides is 1. The van der Waals surface area contributed by atoms with Gasteiger partial charge in [-0.1, -0.05) is 6.42 Å². The van der Waals surface area contributed by atoms with E-state index in [-0.39, 0.29) is 17.8 Å². The third-order valence-corrected chi connectivity index (χ3v) is 3.33. The summed E-state index contributed by atoms with van der Waals surface area (Å²) in [7, 11) is 0. The molecule has 0 spiro atoms. The zero-order chi connectivity index (χ0) is 13.0. The van der Waals surface area contributed by atoms with Crippen molar-refractivity contribution in [2.75, 3.05) is 18.0 Å². The molecule has 1 amide bonds. The number of benzene rings is 1. The summed E-state index contributed by atoms with van der Waals surface area (Å²) in [6.07, 6.45) is 3.10. The molecule has 0 saturated carbocycles. The maximum absolute atomic E-state index is 12.9. The maximum Gasteiger partial charge on any atom is 0.244 e. The minimum absolute atomic E-state index is 0.0869. The van der Waals surface area contributed by atoms with Crippen LogP contribution in [0.1, 0.15) is 26.2 Å². The summed E-state index contributed by atoms with van der Waals surface area (Å²) in [5, 5.41) is 3.25. The summed E-state index contributed by atoms with van der Waals surface area (Å²) in [5.41, 5.74) is 0.760. The van der Waals surface area contributed by atoms with Gasteiger partial charge >= 0.3 is 0 Å². The van der Waals surface area contributed by atoms with Crippen LogP contribution >= 0.6 is 0 Å². The summed E-state index contributed by atoms with van der Waals surface area (Å²) < 4.78 is 12.9. The molecular weight excluding hydrogens is 231 g/mol. The zero-order valence-electron chi connectivity index (χ0n) is 10.7. The van der Waals surface area contributed by atoms with E-state index in [0.29, 0.717) is 6.54 Å². The van der Waals surface area contributed by atoms with Crippen molar-refractivity contribution in [1.82, 2.24) is 5.32 Å². The average Bonchev–Trinajstić information content (AvgIpc) is 2.42. The van der Waals surface area contributed by atoms with E-state index in [4.69, 9.17) is 0 Å². The van der Waals surface area contributed by atoms with Crippen molar-refractivity contribution >= 4 is 11.6 Å². The first-order valence-electron chi connectivity index (χ1n) is 6.52. The fourth-order valence-electron chi connectivity index (χ4n) is 2.34. The molecule has 98 valence electrons. The number of carbonyl (C=O) groups is 1. The molecule has 0 unspecified atom stereocenters. The highest BCUT2D eigenvalue weighted by Crippen LogP contribution is 2.18. The monoisotopic (exact) mass is 250 g/mol. The zero-order valence-corrected chi connectivity index (χ0v) is 10.7. The Bertz CT molecular complexity index is 399. The van der Waals surface area contributed by atoms with Crippen molar-refractivity contribution in [2.24, 2.45) is 0 Å². The number of nitrogens with zero attached hydrogens (tertiary/aromatic N) is 1. The normalized spacial score (nSPS) is 19.6. The Hall–Kier alpha value is -1.42. The van der Waals surface area contributed by atoms with Crippen LogP contribution in [-0.4, -0.2) is 25.0 Å². The van der Waals surface area contributed by atoms with Crippen molar-refractivity contribution in [3.63, 3.8) is 0 Å². The Morgan fingerprint density at radius 3 is 2.67 bits per heavy atom. The van der Waals surface area contributed by atoms with Crippen LogP contribution in [-0.2, 0) is 4.79 Å². The molecule has 0 aliphatic carbocycles. The number of hydrogen-bond donors (Lipinski definition) is 1. The van der Waals surface area contributed by atoms with Gasteiger partial charge in [0.25, 0.3) is 0 Å². The minimum atomic E-state index is -0.280. The van der Waals surface area contributed by atoms with Crippen molar-refractivity contribution in [2.45, 2.75) is 32.2 Å². The lowest BCUT2D eigenvalue weighted by molar-refractivity contribution is -0.121. The number of likely N-dealkylation sites (N-methyl/N-ethyl adjacent to an activating group) is 1. The highest BCUT2D eigenvalue weighted by atomic mass is 19.1. The Kier molecular flexibility index (Phi) is 4.31. The molecule has 1 aliphatic heterocycles. The van der Waals surface area contributed by atoms with Crippen molar-refractivity contribution in [3.05, 3.63) is 30.1 Å². The smallest absolute Gasteiger partial charge is 0.244 e. The van der Waals surface area contributed by atoms with Gasteiger partial charge in [-0.05, 0) is 50.6 Å². The predicted octanol–water partition coefficient (Wildman–Crippen LogP) is 2.32. The lowest BCUT2D eigenvalue weighted by Crippen LogP contribution is -2.48. The molecule has 4 heteroatoms. The molecule has 1 heterocycles. The van der Waals surface area contributed by atoms with Crippen LogP contribution in [0.15, 0.2) is 24.3 Å². The lowest BCUT2D eigenvalue weighted by atomic mass is 10.0. The molecular formula is C14H19FN2O. The molecule has 1 aromatic rings. The topological polar surface area (TPSA) is 32.3 Å². The van der Waals surface area contributed by atoms with Crippen LogP contribution in [0, 0.1) is 5.82 Å². The van der Waals surface area contributed by atoms with E-state index >= 15 is 0 Å². The van der Waals surface area contributed by atoms with Crippen LogP contribution in [0.4, 0.5) is 10.1 Å². The van der Waals surface area contributed by atoms with Gasteiger partial charge in [-0.15, -0.1) is 0 Å². The molecule has 0 bridgehead atoms. The molecule has 0 radical (unpaired) electrons. The van der Waals surface area contributed by atoms with Crippen LogP contribution in [0.25, 0.3) is 0 Å². The summed E-state index contributed by atoms with van der Waals surface area (Å²) in [6, 6.07) is 5.99. The van der Waals surface area contributed by atoms with E-state index in [2.05, 4.69) is 5.32 Å². The molecule has 1 saturated heterocycles. The average molecular weight is 250 g/mol. The van der Waals surface area contributed by atoms with Gasteiger partial charge < -0.3 is 10.2 Å². The summed E-state index contributed by atoms with van der Waals surface area (Å²) in [5.74, 6) is -0.193. The van der Waals surface area contributed by atoms with Crippen LogP contribution in [0.2, 0.25) is 0 Å². The predicted molar refractivity (Wildman–Crippen MR) is 70.1 cm³/mol. The summed E-state index contributed by atoms with van der Waals surface area (Å²) >= 11 is 0. The minimum Gasteiger partial charge on any atom is -0.311 e.